The fourth-order valence-electron chi connectivity index (χ4n) is 1.29. The summed E-state index contributed by atoms with van der Waals surface area (Å²) in [5.41, 5.74) is 0. The van der Waals surface area contributed by atoms with Crippen molar-refractivity contribution in [1.29, 1.82) is 0 Å². The average Bonchev–Trinajstić information content (AvgIpc) is 2.71. The summed E-state index contributed by atoms with van der Waals surface area (Å²) in [7, 11) is -3.99. The zero-order valence-electron chi connectivity index (χ0n) is 10.1. The lowest BCUT2D eigenvalue weighted by Gasteiger charge is -2.07. The zero-order valence-corrected chi connectivity index (χ0v) is 10.9. The Labute approximate surface area is 112 Å². The zero-order chi connectivity index (χ0) is 15.4. The highest BCUT2D eigenvalue weighted by molar-refractivity contribution is 7.89. The molecule has 0 aromatic carbocycles. The smallest absolute Gasteiger partial charge is 0.389 e. The summed E-state index contributed by atoms with van der Waals surface area (Å²) in [4.78, 5) is 10.1. The highest BCUT2D eigenvalue weighted by Gasteiger charge is 2.26. The van der Waals surface area contributed by atoms with Crippen molar-refractivity contribution in [3.63, 3.8) is 0 Å². The first-order chi connectivity index (χ1) is 9.10. The fraction of sp³-hybridized carbons (Fsp3) is 0.556. The SMILES string of the molecule is O=C(O)Cn1cc(S(=O)(=O)NCCCC(F)(F)F)cn1. The third-order valence-corrected chi connectivity index (χ3v) is 3.56. The van der Waals surface area contributed by atoms with Crippen LogP contribution in [0.15, 0.2) is 17.3 Å². The summed E-state index contributed by atoms with van der Waals surface area (Å²) in [5, 5.41) is 12.0. The lowest BCUT2D eigenvalue weighted by atomic mass is 10.3. The Morgan fingerprint density at radius 3 is 2.65 bits per heavy atom. The molecule has 0 fully saturated rings. The van der Waals surface area contributed by atoms with Gasteiger partial charge in [-0.05, 0) is 6.42 Å². The van der Waals surface area contributed by atoms with Gasteiger partial charge in [0.15, 0.2) is 0 Å². The second kappa shape index (κ2) is 6.22. The summed E-state index contributed by atoms with van der Waals surface area (Å²) >= 11 is 0. The van der Waals surface area contributed by atoms with Crippen LogP contribution in [0.3, 0.4) is 0 Å². The van der Waals surface area contributed by atoms with Crippen LogP contribution in [-0.4, -0.2) is 42.0 Å². The second-order valence-electron chi connectivity index (χ2n) is 3.88. The highest BCUT2D eigenvalue weighted by atomic mass is 32.2. The van der Waals surface area contributed by atoms with E-state index in [4.69, 9.17) is 5.11 Å². The molecule has 11 heteroatoms. The van der Waals surface area contributed by atoms with E-state index in [2.05, 4.69) is 5.10 Å². The molecule has 1 aromatic rings. The predicted molar refractivity (Wildman–Crippen MR) is 60.3 cm³/mol. The van der Waals surface area contributed by atoms with Gasteiger partial charge < -0.3 is 5.11 Å². The van der Waals surface area contributed by atoms with Crippen molar-refractivity contribution in [1.82, 2.24) is 14.5 Å². The number of carboxylic acids is 1. The van der Waals surface area contributed by atoms with Gasteiger partial charge >= 0.3 is 12.1 Å². The van der Waals surface area contributed by atoms with E-state index in [1.165, 1.54) is 0 Å². The van der Waals surface area contributed by atoms with Crippen molar-refractivity contribution in [3.8, 4) is 0 Å². The molecule has 1 aromatic heterocycles. The maximum atomic E-state index is 11.9. The van der Waals surface area contributed by atoms with Gasteiger partial charge in [0.05, 0.1) is 6.20 Å². The van der Waals surface area contributed by atoms with E-state index in [-0.39, 0.29) is 17.9 Å². The molecule has 114 valence electrons. The van der Waals surface area contributed by atoms with E-state index in [1.54, 1.807) is 0 Å². The minimum absolute atomic E-state index is 0.300. The number of hydrogen-bond acceptors (Lipinski definition) is 4. The first kappa shape index (κ1) is 16.4. The normalized spacial score (nSPS) is 12.6. The molecule has 0 amide bonds. The van der Waals surface area contributed by atoms with E-state index >= 15 is 0 Å². The van der Waals surface area contributed by atoms with Gasteiger partial charge in [-0.15, -0.1) is 0 Å². The number of carbonyl (C=O) groups is 1. The number of sulfonamides is 1. The topological polar surface area (TPSA) is 101 Å². The number of rotatable bonds is 7. The quantitative estimate of drug-likeness (QED) is 0.717. The van der Waals surface area contributed by atoms with E-state index in [9.17, 15) is 26.4 Å². The van der Waals surface area contributed by atoms with Gasteiger partial charge in [-0.2, -0.15) is 18.3 Å². The van der Waals surface area contributed by atoms with Crippen LogP contribution < -0.4 is 4.72 Å². The van der Waals surface area contributed by atoms with Gasteiger partial charge in [0, 0.05) is 19.2 Å². The van der Waals surface area contributed by atoms with Gasteiger partial charge in [-0.25, -0.2) is 13.1 Å². The second-order valence-corrected chi connectivity index (χ2v) is 5.65. The molecular weight excluding hydrogens is 303 g/mol. The van der Waals surface area contributed by atoms with Crippen molar-refractivity contribution < 1.29 is 31.5 Å². The van der Waals surface area contributed by atoms with Crippen LogP contribution in [0.5, 0.6) is 0 Å². The number of alkyl halides is 3. The molecule has 0 atom stereocenters. The summed E-state index contributed by atoms with van der Waals surface area (Å²) < 4.78 is 61.8. The van der Waals surface area contributed by atoms with E-state index in [1.807, 2.05) is 4.72 Å². The molecule has 0 unspecified atom stereocenters. The van der Waals surface area contributed by atoms with Gasteiger partial charge in [0.1, 0.15) is 11.4 Å². The summed E-state index contributed by atoms with van der Waals surface area (Å²) in [6.45, 7) is -0.879. The Morgan fingerprint density at radius 1 is 1.45 bits per heavy atom. The molecule has 0 aliphatic carbocycles. The molecule has 0 aliphatic rings. The van der Waals surface area contributed by atoms with Crippen LogP contribution in [0, 0.1) is 0 Å². The molecule has 0 aliphatic heterocycles. The number of carboxylic acid groups (broad SMARTS) is 1. The Balaban J connectivity index is 2.56. The molecule has 0 saturated carbocycles. The Bertz CT molecular complexity index is 567. The fourth-order valence-corrected chi connectivity index (χ4v) is 2.31. The molecule has 1 rings (SSSR count). The van der Waals surface area contributed by atoms with E-state index < -0.39 is 35.1 Å². The molecule has 20 heavy (non-hydrogen) atoms. The lowest BCUT2D eigenvalue weighted by Crippen LogP contribution is -2.25. The van der Waals surface area contributed by atoms with Crippen molar-refractivity contribution >= 4 is 16.0 Å². The van der Waals surface area contributed by atoms with Crippen LogP contribution in [0.1, 0.15) is 12.8 Å². The first-order valence-electron chi connectivity index (χ1n) is 5.41. The molecule has 0 radical (unpaired) electrons. The Kier molecular flexibility index (Phi) is 5.11. The standard InChI is InChI=1S/C9H12F3N3O4S/c10-9(11,12)2-1-3-14-20(18,19)7-4-13-15(5-7)6-8(16)17/h4-5,14H,1-3,6H2,(H,16,17). The predicted octanol–water partition coefficient (Wildman–Crippen LogP) is 0.588. The van der Waals surface area contributed by atoms with Crippen LogP contribution in [-0.2, 0) is 21.4 Å². The summed E-state index contributed by atoms with van der Waals surface area (Å²) in [5.74, 6) is -1.20. The minimum Gasteiger partial charge on any atom is -0.480 e. The molecule has 2 N–H and O–H groups in total. The highest BCUT2D eigenvalue weighted by Crippen LogP contribution is 2.20. The largest absolute Gasteiger partial charge is 0.480 e. The maximum Gasteiger partial charge on any atom is 0.389 e. The number of nitrogens with one attached hydrogen (secondary N) is 1. The van der Waals surface area contributed by atoms with E-state index in [0.717, 1.165) is 17.1 Å². The first-order valence-corrected chi connectivity index (χ1v) is 6.89. The molecule has 1 heterocycles. The van der Waals surface area contributed by atoms with E-state index in [0.29, 0.717) is 0 Å². The maximum absolute atomic E-state index is 11.9. The average molecular weight is 315 g/mol. The molecular formula is C9H12F3N3O4S. The number of aromatic nitrogens is 2. The van der Waals surface area contributed by atoms with Crippen molar-refractivity contribution in [2.24, 2.45) is 0 Å². The number of nitrogens with zero attached hydrogens (tertiary/aromatic N) is 2. The van der Waals surface area contributed by atoms with Gasteiger partial charge in [0.25, 0.3) is 0 Å². The number of aliphatic carboxylic acids is 1. The van der Waals surface area contributed by atoms with Crippen molar-refractivity contribution in [2.75, 3.05) is 6.54 Å². The third kappa shape index (κ3) is 5.57. The van der Waals surface area contributed by atoms with Crippen LogP contribution >= 0.6 is 0 Å². The van der Waals surface area contributed by atoms with Crippen LogP contribution in [0.4, 0.5) is 13.2 Å². The van der Waals surface area contributed by atoms with Crippen molar-refractivity contribution in [3.05, 3.63) is 12.4 Å². The van der Waals surface area contributed by atoms with Gasteiger partial charge in [0.2, 0.25) is 10.0 Å². The molecule has 7 nitrogen and oxygen atoms in total. The Morgan fingerprint density at radius 2 is 2.10 bits per heavy atom. The lowest BCUT2D eigenvalue weighted by molar-refractivity contribution is -0.138. The van der Waals surface area contributed by atoms with Gasteiger partial charge in [-0.1, -0.05) is 0 Å². The number of hydrogen-bond donors (Lipinski definition) is 2. The van der Waals surface area contributed by atoms with Crippen LogP contribution in [0.2, 0.25) is 0 Å². The molecule has 0 bridgehead atoms. The molecule has 0 spiro atoms. The minimum atomic E-state index is -4.34. The summed E-state index contributed by atoms with van der Waals surface area (Å²) in [6.07, 6.45) is -3.90. The van der Waals surface area contributed by atoms with Crippen molar-refractivity contribution in [2.45, 2.75) is 30.5 Å². The van der Waals surface area contributed by atoms with Crippen LogP contribution in [0.25, 0.3) is 0 Å². The molecule has 0 saturated heterocycles. The summed E-state index contributed by atoms with van der Waals surface area (Å²) in [6, 6.07) is 0. The monoisotopic (exact) mass is 315 g/mol. The third-order valence-electron chi connectivity index (χ3n) is 2.15. The van der Waals surface area contributed by atoms with Gasteiger partial charge in [-0.3, -0.25) is 9.48 Å². The Hall–Kier alpha value is -1.62. The number of halogens is 3.